The van der Waals surface area contributed by atoms with Crippen LogP contribution < -0.4 is 10.1 Å². The summed E-state index contributed by atoms with van der Waals surface area (Å²) >= 11 is 0. The molecule has 0 radical (unpaired) electrons. The molecular formula is C27H25FN2O3. The van der Waals surface area contributed by atoms with Crippen molar-refractivity contribution < 1.29 is 18.7 Å². The molecule has 1 fully saturated rings. The molecule has 0 bridgehead atoms. The SMILES string of the molecule is COc1ccc(CN2CCC(NC(=O)c3ccc4c(c3)C(=O)c3ccccc3-4)CC2)cc1F. The van der Waals surface area contributed by atoms with Crippen molar-refractivity contribution in [1.29, 1.82) is 0 Å². The topological polar surface area (TPSA) is 58.6 Å². The predicted octanol–water partition coefficient (Wildman–Crippen LogP) is 4.44. The first-order valence-electron chi connectivity index (χ1n) is 11.2. The van der Waals surface area contributed by atoms with Crippen molar-refractivity contribution in [3.63, 3.8) is 0 Å². The van der Waals surface area contributed by atoms with E-state index >= 15 is 0 Å². The second-order valence-corrected chi connectivity index (χ2v) is 8.63. The number of rotatable bonds is 5. The summed E-state index contributed by atoms with van der Waals surface area (Å²) < 4.78 is 18.9. The molecule has 1 N–H and O–H groups in total. The van der Waals surface area contributed by atoms with Crippen molar-refractivity contribution in [2.24, 2.45) is 0 Å². The summed E-state index contributed by atoms with van der Waals surface area (Å²) in [6, 6.07) is 18.0. The highest BCUT2D eigenvalue weighted by Crippen LogP contribution is 2.36. The monoisotopic (exact) mass is 444 g/mol. The number of likely N-dealkylation sites (tertiary alicyclic amines) is 1. The second-order valence-electron chi connectivity index (χ2n) is 8.63. The van der Waals surface area contributed by atoms with E-state index in [9.17, 15) is 14.0 Å². The molecule has 0 saturated carbocycles. The van der Waals surface area contributed by atoms with Crippen molar-refractivity contribution in [2.45, 2.75) is 25.4 Å². The van der Waals surface area contributed by atoms with Gasteiger partial charge in [0.25, 0.3) is 5.91 Å². The van der Waals surface area contributed by atoms with E-state index in [4.69, 9.17) is 4.74 Å². The van der Waals surface area contributed by atoms with Gasteiger partial charge in [0, 0.05) is 42.4 Å². The Morgan fingerprint density at radius 2 is 1.73 bits per heavy atom. The molecule has 1 aliphatic carbocycles. The van der Waals surface area contributed by atoms with Crippen molar-refractivity contribution in [3.8, 4) is 16.9 Å². The number of piperidine rings is 1. The summed E-state index contributed by atoms with van der Waals surface area (Å²) in [6.45, 7) is 2.29. The standard InChI is InChI=1S/C27H25FN2O3/c1-33-25-9-6-17(14-24(25)28)16-30-12-10-19(11-13-30)29-27(32)18-7-8-21-20-4-2-3-5-22(20)26(31)23(21)15-18/h2-9,14-15,19H,10-13,16H2,1H3,(H,29,32). The first-order chi connectivity index (χ1) is 16.0. The molecule has 0 spiro atoms. The Morgan fingerprint density at radius 1 is 1.00 bits per heavy atom. The number of hydrogen-bond acceptors (Lipinski definition) is 4. The predicted molar refractivity (Wildman–Crippen MR) is 124 cm³/mol. The molecule has 3 aromatic rings. The molecule has 1 aliphatic heterocycles. The van der Waals surface area contributed by atoms with Crippen LogP contribution in [0.4, 0.5) is 4.39 Å². The summed E-state index contributed by atoms with van der Waals surface area (Å²) in [4.78, 5) is 27.9. The number of ether oxygens (including phenoxy) is 1. The van der Waals surface area contributed by atoms with Crippen LogP contribution in [-0.2, 0) is 6.54 Å². The summed E-state index contributed by atoms with van der Waals surface area (Å²) in [7, 11) is 1.46. The number of amides is 1. The van der Waals surface area contributed by atoms with E-state index in [-0.39, 0.29) is 29.3 Å². The number of benzene rings is 3. The van der Waals surface area contributed by atoms with Gasteiger partial charge in [-0.25, -0.2) is 4.39 Å². The molecule has 5 rings (SSSR count). The van der Waals surface area contributed by atoms with Crippen molar-refractivity contribution >= 4 is 11.7 Å². The average Bonchev–Trinajstić information content (AvgIpc) is 3.12. The summed E-state index contributed by atoms with van der Waals surface area (Å²) in [5.41, 5.74) is 4.49. The zero-order chi connectivity index (χ0) is 22.9. The van der Waals surface area contributed by atoms with Gasteiger partial charge in [-0.1, -0.05) is 36.4 Å². The summed E-state index contributed by atoms with van der Waals surface area (Å²) in [6.07, 6.45) is 1.64. The van der Waals surface area contributed by atoms with E-state index in [1.54, 1.807) is 18.2 Å². The fourth-order valence-electron chi connectivity index (χ4n) is 4.74. The number of hydrogen-bond donors (Lipinski definition) is 1. The molecule has 1 amide bonds. The van der Waals surface area contributed by atoms with Gasteiger partial charge in [0.1, 0.15) is 0 Å². The fraction of sp³-hybridized carbons (Fsp3) is 0.259. The Balaban J connectivity index is 1.18. The lowest BCUT2D eigenvalue weighted by atomic mass is 10.0. The van der Waals surface area contributed by atoms with Crippen LogP contribution in [0.15, 0.2) is 60.7 Å². The molecule has 0 unspecified atom stereocenters. The van der Waals surface area contributed by atoms with Gasteiger partial charge in [0.05, 0.1) is 7.11 Å². The number of ketones is 1. The van der Waals surface area contributed by atoms with E-state index in [0.717, 1.165) is 42.6 Å². The minimum atomic E-state index is -0.354. The Morgan fingerprint density at radius 3 is 2.45 bits per heavy atom. The highest BCUT2D eigenvalue weighted by Gasteiger charge is 2.28. The van der Waals surface area contributed by atoms with Crippen LogP contribution in [0.3, 0.4) is 0 Å². The number of fused-ring (bicyclic) bond motifs is 3. The van der Waals surface area contributed by atoms with E-state index in [1.165, 1.54) is 13.2 Å². The van der Waals surface area contributed by atoms with Crippen molar-refractivity contribution in [2.75, 3.05) is 20.2 Å². The zero-order valence-electron chi connectivity index (χ0n) is 18.4. The van der Waals surface area contributed by atoms with E-state index in [1.807, 2.05) is 36.4 Å². The molecule has 33 heavy (non-hydrogen) atoms. The van der Waals surface area contributed by atoms with E-state index in [2.05, 4.69) is 10.2 Å². The van der Waals surface area contributed by atoms with E-state index < -0.39 is 0 Å². The molecule has 168 valence electrons. The van der Waals surface area contributed by atoms with Gasteiger partial charge < -0.3 is 10.1 Å². The van der Waals surface area contributed by atoms with Crippen LogP contribution in [-0.4, -0.2) is 42.8 Å². The number of nitrogens with one attached hydrogen (secondary N) is 1. The third-order valence-corrected chi connectivity index (χ3v) is 6.53. The average molecular weight is 445 g/mol. The van der Waals surface area contributed by atoms with E-state index in [0.29, 0.717) is 23.2 Å². The van der Waals surface area contributed by atoms with Gasteiger partial charge in [-0.15, -0.1) is 0 Å². The maximum absolute atomic E-state index is 13.9. The van der Waals surface area contributed by atoms with Gasteiger partial charge in [-0.05, 0) is 53.8 Å². The second kappa shape index (κ2) is 8.79. The van der Waals surface area contributed by atoms with Gasteiger partial charge in [-0.2, -0.15) is 0 Å². The minimum absolute atomic E-state index is 0.0291. The van der Waals surface area contributed by atoms with Crippen LogP contribution in [0.5, 0.6) is 5.75 Å². The smallest absolute Gasteiger partial charge is 0.251 e. The summed E-state index contributed by atoms with van der Waals surface area (Å²) in [5.74, 6) is -0.291. The van der Waals surface area contributed by atoms with Gasteiger partial charge in [-0.3, -0.25) is 14.5 Å². The van der Waals surface area contributed by atoms with Gasteiger partial charge in [0.15, 0.2) is 17.3 Å². The van der Waals surface area contributed by atoms with Crippen LogP contribution in [0, 0.1) is 5.82 Å². The number of halogens is 1. The molecule has 3 aromatic carbocycles. The van der Waals surface area contributed by atoms with Gasteiger partial charge >= 0.3 is 0 Å². The minimum Gasteiger partial charge on any atom is -0.494 e. The first-order valence-corrected chi connectivity index (χ1v) is 11.2. The highest BCUT2D eigenvalue weighted by molar-refractivity contribution is 6.22. The lowest BCUT2D eigenvalue weighted by Gasteiger charge is -2.32. The Bertz CT molecular complexity index is 1230. The number of nitrogens with zero attached hydrogens (tertiary/aromatic N) is 1. The van der Waals surface area contributed by atoms with Crippen LogP contribution in [0.2, 0.25) is 0 Å². The Kier molecular flexibility index (Phi) is 5.68. The maximum Gasteiger partial charge on any atom is 0.251 e. The molecule has 2 aliphatic rings. The molecule has 0 aromatic heterocycles. The van der Waals surface area contributed by atoms with Crippen LogP contribution in [0.1, 0.15) is 44.7 Å². The Hall–Kier alpha value is -3.51. The van der Waals surface area contributed by atoms with Crippen molar-refractivity contribution in [3.05, 3.63) is 88.7 Å². The fourth-order valence-corrected chi connectivity index (χ4v) is 4.74. The largest absolute Gasteiger partial charge is 0.494 e. The van der Waals surface area contributed by atoms with Gasteiger partial charge in [0.2, 0.25) is 0 Å². The third-order valence-electron chi connectivity index (χ3n) is 6.53. The normalized spacial score (nSPS) is 15.8. The van der Waals surface area contributed by atoms with Crippen LogP contribution >= 0.6 is 0 Å². The molecule has 1 saturated heterocycles. The summed E-state index contributed by atoms with van der Waals surface area (Å²) in [5, 5.41) is 3.12. The lowest BCUT2D eigenvalue weighted by Crippen LogP contribution is -2.44. The quantitative estimate of drug-likeness (QED) is 0.495. The Labute approximate surface area is 192 Å². The lowest BCUT2D eigenvalue weighted by molar-refractivity contribution is 0.0909. The third kappa shape index (κ3) is 4.14. The molecule has 5 nitrogen and oxygen atoms in total. The maximum atomic E-state index is 13.9. The highest BCUT2D eigenvalue weighted by atomic mass is 19.1. The van der Waals surface area contributed by atoms with Crippen LogP contribution in [0.25, 0.3) is 11.1 Å². The van der Waals surface area contributed by atoms with Crippen molar-refractivity contribution in [1.82, 2.24) is 10.2 Å². The number of methoxy groups -OCH3 is 1. The number of carbonyl (C=O) groups excluding carboxylic acids is 2. The molecule has 6 heteroatoms. The molecular weight excluding hydrogens is 419 g/mol. The first kappa shape index (κ1) is 21.3. The molecule has 1 heterocycles. The zero-order valence-corrected chi connectivity index (χ0v) is 18.4. The molecule has 0 atom stereocenters. The number of carbonyl (C=O) groups is 2.